The lowest BCUT2D eigenvalue weighted by Crippen LogP contribution is -2.30. The second kappa shape index (κ2) is 6.55. The number of pyridine rings is 1. The Hall–Kier alpha value is -3.12. The number of fused-ring (bicyclic) bond motifs is 3. The molecule has 4 aromatic rings. The van der Waals surface area contributed by atoms with E-state index in [1.54, 1.807) is 0 Å². The Bertz CT molecular complexity index is 1210. The summed E-state index contributed by atoms with van der Waals surface area (Å²) in [4.78, 5) is 0. The summed E-state index contributed by atoms with van der Waals surface area (Å²) in [5.74, 6) is 0.494. The summed E-state index contributed by atoms with van der Waals surface area (Å²) in [7, 11) is 2.04. The van der Waals surface area contributed by atoms with E-state index in [9.17, 15) is 5.26 Å². The lowest BCUT2D eigenvalue weighted by molar-refractivity contribution is -0.660. The van der Waals surface area contributed by atoms with Crippen LogP contribution >= 0.6 is 0 Å². The number of hydrogen-bond donors (Lipinski definition) is 0. The van der Waals surface area contributed by atoms with Gasteiger partial charge in [0.15, 0.2) is 6.20 Å². The molecule has 0 saturated carbocycles. The molecule has 2 aromatic heterocycles. The number of aromatic nitrogens is 1. The topological polar surface area (TPSA) is 40.8 Å². The summed E-state index contributed by atoms with van der Waals surface area (Å²) in [6.45, 7) is 6.45. The molecular weight excluding hydrogens is 332 g/mol. The van der Waals surface area contributed by atoms with Gasteiger partial charge in [0.1, 0.15) is 24.3 Å². The highest BCUT2D eigenvalue weighted by molar-refractivity contribution is 6.12. The normalized spacial score (nSPS) is 11.4. The van der Waals surface area contributed by atoms with Crippen LogP contribution in [-0.2, 0) is 13.5 Å². The summed E-state index contributed by atoms with van der Waals surface area (Å²) in [6, 6.07) is 16.9. The molecule has 3 heteroatoms. The molecule has 134 valence electrons. The Balaban J connectivity index is 2.11. The second-order valence-corrected chi connectivity index (χ2v) is 7.62. The predicted molar refractivity (Wildman–Crippen MR) is 108 cm³/mol. The maximum absolute atomic E-state index is 9.90. The lowest BCUT2D eigenvalue weighted by Gasteiger charge is -2.08. The van der Waals surface area contributed by atoms with Gasteiger partial charge in [-0.25, -0.2) is 4.57 Å². The fraction of sp³-hybridized carbons (Fsp3) is 0.250. The molecule has 0 unspecified atom stereocenters. The highest BCUT2D eigenvalue weighted by Gasteiger charge is 2.22. The van der Waals surface area contributed by atoms with Gasteiger partial charge in [0, 0.05) is 22.9 Å². The van der Waals surface area contributed by atoms with Crippen molar-refractivity contribution in [2.45, 2.75) is 27.2 Å². The van der Waals surface area contributed by atoms with E-state index in [0.717, 1.165) is 56.3 Å². The second-order valence-electron chi connectivity index (χ2n) is 7.62. The summed E-state index contributed by atoms with van der Waals surface area (Å²) >= 11 is 0. The Labute approximate surface area is 159 Å². The van der Waals surface area contributed by atoms with Gasteiger partial charge in [-0.15, -0.1) is 0 Å². The van der Waals surface area contributed by atoms with Crippen molar-refractivity contribution in [2.75, 3.05) is 0 Å². The summed E-state index contributed by atoms with van der Waals surface area (Å²) in [6.07, 6.45) is 2.93. The van der Waals surface area contributed by atoms with Gasteiger partial charge in [-0.3, -0.25) is 0 Å². The zero-order valence-corrected chi connectivity index (χ0v) is 16.2. The average molecular weight is 355 g/mol. The van der Waals surface area contributed by atoms with Gasteiger partial charge in [-0.2, -0.15) is 5.26 Å². The Morgan fingerprint density at radius 2 is 1.93 bits per heavy atom. The SMILES string of the molecule is Cc1ccc2c(oc3ccc(CC(C)C)c(C#N)c32)c1-c1cccc[n+]1C. The molecule has 0 saturated heterocycles. The van der Waals surface area contributed by atoms with Crippen LogP contribution in [0.3, 0.4) is 0 Å². The molecule has 0 aliphatic carbocycles. The molecule has 0 aliphatic heterocycles. The first kappa shape index (κ1) is 17.3. The van der Waals surface area contributed by atoms with E-state index < -0.39 is 0 Å². The maximum atomic E-state index is 9.90. The van der Waals surface area contributed by atoms with Crippen molar-refractivity contribution in [2.24, 2.45) is 13.0 Å². The number of hydrogen-bond acceptors (Lipinski definition) is 2. The molecule has 27 heavy (non-hydrogen) atoms. The molecule has 4 rings (SSSR count). The quantitative estimate of drug-likeness (QED) is 0.458. The molecule has 0 N–H and O–H groups in total. The molecule has 0 atom stereocenters. The zero-order valence-electron chi connectivity index (χ0n) is 16.2. The van der Waals surface area contributed by atoms with Gasteiger partial charge < -0.3 is 4.42 Å². The van der Waals surface area contributed by atoms with Crippen LogP contribution in [0, 0.1) is 24.2 Å². The third-order valence-corrected chi connectivity index (χ3v) is 5.15. The van der Waals surface area contributed by atoms with Crippen LogP contribution in [-0.4, -0.2) is 0 Å². The zero-order chi connectivity index (χ0) is 19.1. The van der Waals surface area contributed by atoms with E-state index in [-0.39, 0.29) is 0 Å². The first-order valence-corrected chi connectivity index (χ1v) is 9.34. The van der Waals surface area contributed by atoms with Gasteiger partial charge in [0.05, 0.1) is 11.1 Å². The van der Waals surface area contributed by atoms with Crippen LogP contribution < -0.4 is 4.57 Å². The number of benzene rings is 2. The number of furan rings is 1. The van der Waals surface area contributed by atoms with Gasteiger partial charge in [-0.1, -0.05) is 32.0 Å². The molecule has 3 nitrogen and oxygen atoms in total. The van der Waals surface area contributed by atoms with Gasteiger partial charge in [0.25, 0.3) is 0 Å². The largest absolute Gasteiger partial charge is 0.455 e. The van der Waals surface area contributed by atoms with E-state index in [0.29, 0.717) is 5.92 Å². The van der Waals surface area contributed by atoms with Crippen LogP contribution in [0.5, 0.6) is 0 Å². The maximum Gasteiger partial charge on any atom is 0.216 e. The van der Waals surface area contributed by atoms with Crippen LogP contribution in [0.1, 0.15) is 30.5 Å². The minimum absolute atomic E-state index is 0.494. The summed E-state index contributed by atoms with van der Waals surface area (Å²) < 4.78 is 8.41. The van der Waals surface area contributed by atoms with Crippen LogP contribution in [0.2, 0.25) is 0 Å². The van der Waals surface area contributed by atoms with Gasteiger partial charge in [-0.05, 0) is 42.5 Å². The Morgan fingerprint density at radius 3 is 2.63 bits per heavy atom. The first-order chi connectivity index (χ1) is 13.0. The van der Waals surface area contributed by atoms with Crippen LogP contribution in [0.25, 0.3) is 33.2 Å². The third-order valence-electron chi connectivity index (χ3n) is 5.15. The first-order valence-electron chi connectivity index (χ1n) is 9.34. The standard InChI is InChI=1S/C24H23N2O/c1-15(2)13-17-9-11-21-23(19(17)14-25)18-10-8-16(3)22(24(18)27-21)20-7-5-6-12-26(20)4/h5-12,15H,13H2,1-4H3/q+1. The van der Waals surface area contributed by atoms with Crippen molar-refractivity contribution in [1.82, 2.24) is 0 Å². The van der Waals surface area contributed by atoms with E-state index in [1.165, 1.54) is 0 Å². The minimum atomic E-state index is 0.494. The minimum Gasteiger partial charge on any atom is -0.455 e. The highest BCUT2D eigenvalue weighted by Crippen LogP contribution is 2.39. The van der Waals surface area contributed by atoms with Crippen molar-refractivity contribution >= 4 is 21.9 Å². The van der Waals surface area contributed by atoms with E-state index in [4.69, 9.17) is 4.42 Å². The Morgan fingerprint density at radius 1 is 1.11 bits per heavy atom. The molecular formula is C24H23N2O+. The van der Waals surface area contributed by atoms with Gasteiger partial charge >= 0.3 is 0 Å². The van der Waals surface area contributed by atoms with Crippen molar-refractivity contribution in [3.63, 3.8) is 0 Å². The van der Waals surface area contributed by atoms with E-state index >= 15 is 0 Å². The molecule has 0 radical (unpaired) electrons. The fourth-order valence-electron chi connectivity index (χ4n) is 3.91. The summed E-state index contributed by atoms with van der Waals surface area (Å²) in [5.41, 5.74) is 6.80. The van der Waals surface area contributed by atoms with Crippen molar-refractivity contribution < 1.29 is 8.98 Å². The van der Waals surface area contributed by atoms with Crippen molar-refractivity contribution in [3.8, 4) is 17.3 Å². The fourth-order valence-corrected chi connectivity index (χ4v) is 3.91. The van der Waals surface area contributed by atoms with Crippen LogP contribution in [0.15, 0.2) is 53.1 Å². The summed E-state index contributed by atoms with van der Waals surface area (Å²) in [5, 5.41) is 11.8. The lowest BCUT2D eigenvalue weighted by atomic mass is 9.94. The smallest absolute Gasteiger partial charge is 0.216 e. The average Bonchev–Trinajstić information content (AvgIpc) is 3.01. The molecule has 2 aromatic carbocycles. The van der Waals surface area contributed by atoms with E-state index in [1.807, 2.05) is 37.5 Å². The van der Waals surface area contributed by atoms with Crippen molar-refractivity contribution in [3.05, 3.63) is 65.4 Å². The molecule has 0 spiro atoms. The molecule has 0 aliphatic rings. The van der Waals surface area contributed by atoms with E-state index in [2.05, 4.69) is 49.6 Å². The number of aryl methyl sites for hydroxylation is 2. The molecule has 0 bridgehead atoms. The monoisotopic (exact) mass is 355 g/mol. The molecule has 2 heterocycles. The number of rotatable bonds is 3. The van der Waals surface area contributed by atoms with Crippen molar-refractivity contribution in [1.29, 1.82) is 5.26 Å². The molecule has 0 amide bonds. The number of nitrogens with zero attached hydrogens (tertiary/aromatic N) is 2. The third kappa shape index (κ3) is 2.78. The predicted octanol–water partition coefficient (Wildman–Crippen LogP) is 5.46. The molecule has 0 fully saturated rings. The van der Waals surface area contributed by atoms with Gasteiger partial charge in [0.2, 0.25) is 5.69 Å². The number of nitriles is 1. The highest BCUT2D eigenvalue weighted by atomic mass is 16.3. The Kier molecular flexibility index (Phi) is 4.20. The van der Waals surface area contributed by atoms with Crippen LogP contribution in [0.4, 0.5) is 0 Å².